The maximum atomic E-state index is 11.9. The fourth-order valence-corrected chi connectivity index (χ4v) is 2.25. The van der Waals surface area contributed by atoms with Crippen LogP contribution in [0.4, 0.5) is 0 Å². The van der Waals surface area contributed by atoms with Crippen LogP contribution in [0.5, 0.6) is 0 Å². The first-order valence-electron chi connectivity index (χ1n) is 6.16. The Hall–Kier alpha value is -1.10. The Balaban J connectivity index is 1.99. The zero-order valence-electron chi connectivity index (χ0n) is 11.0. The second-order valence-electron chi connectivity index (χ2n) is 5.81. The van der Waals surface area contributed by atoms with Crippen molar-refractivity contribution in [1.82, 2.24) is 10.6 Å². The minimum absolute atomic E-state index is 0.000188. The standard InChI is InChI=1S/C12H21N3O2/c1-5-17-8-6-12(7-8)9(16)13-10(15-12)14-11(2,3)4/h8H,5-7H2,1-4H3,(H2,13,14,15,16). The molecule has 0 radical (unpaired) electrons. The highest BCUT2D eigenvalue weighted by Gasteiger charge is 2.54. The van der Waals surface area contributed by atoms with Crippen molar-refractivity contribution in [3.63, 3.8) is 0 Å². The first-order valence-corrected chi connectivity index (χ1v) is 6.16. The van der Waals surface area contributed by atoms with Crippen LogP contribution in [0.3, 0.4) is 0 Å². The quantitative estimate of drug-likeness (QED) is 0.749. The number of hydrogen-bond acceptors (Lipinski definition) is 4. The fourth-order valence-electron chi connectivity index (χ4n) is 2.25. The number of guanidine groups is 1. The molecule has 1 saturated carbocycles. The Morgan fingerprint density at radius 2 is 2.18 bits per heavy atom. The van der Waals surface area contributed by atoms with E-state index in [4.69, 9.17) is 4.74 Å². The maximum Gasteiger partial charge on any atom is 0.254 e. The molecule has 0 unspecified atom stereocenters. The zero-order valence-corrected chi connectivity index (χ0v) is 11.0. The molecule has 0 saturated heterocycles. The number of rotatable bonds is 2. The van der Waals surface area contributed by atoms with E-state index in [1.165, 1.54) is 0 Å². The summed E-state index contributed by atoms with van der Waals surface area (Å²) in [5.41, 5.74) is -0.659. The lowest BCUT2D eigenvalue weighted by molar-refractivity contribution is -0.133. The molecule has 1 amide bonds. The third-order valence-electron chi connectivity index (χ3n) is 3.01. The number of aliphatic imine (C=N–C) groups is 1. The van der Waals surface area contributed by atoms with Gasteiger partial charge in [0, 0.05) is 25.0 Å². The van der Waals surface area contributed by atoms with Crippen molar-refractivity contribution in [3.8, 4) is 0 Å². The van der Waals surface area contributed by atoms with Gasteiger partial charge < -0.3 is 10.1 Å². The van der Waals surface area contributed by atoms with Crippen LogP contribution >= 0.6 is 0 Å². The Labute approximate surface area is 102 Å². The summed E-state index contributed by atoms with van der Waals surface area (Å²) < 4.78 is 5.48. The van der Waals surface area contributed by atoms with Crippen LogP contribution in [0.1, 0.15) is 40.5 Å². The van der Waals surface area contributed by atoms with Crippen LogP contribution in [-0.2, 0) is 9.53 Å². The normalized spacial score (nSPS) is 32.1. The number of nitrogens with one attached hydrogen (secondary N) is 2. The second kappa shape index (κ2) is 3.98. The van der Waals surface area contributed by atoms with E-state index < -0.39 is 5.54 Å². The molecule has 0 aromatic rings. The molecule has 0 atom stereocenters. The van der Waals surface area contributed by atoms with E-state index in [9.17, 15) is 4.79 Å². The molecule has 1 spiro atoms. The smallest absolute Gasteiger partial charge is 0.254 e. The molecule has 96 valence electrons. The summed E-state index contributed by atoms with van der Waals surface area (Å²) >= 11 is 0. The van der Waals surface area contributed by atoms with Crippen molar-refractivity contribution in [2.75, 3.05) is 6.61 Å². The van der Waals surface area contributed by atoms with Gasteiger partial charge in [-0.15, -0.1) is 0 Å². The number of carbonyl (C=O) groups is 1. The van der Waals surface area contributed by atoms with Gasteiger partial charge in [0.05, 0.1) is 6.10 Å². The van der Waals surface area contributed by atoms with Crippen LogP contribution in [0, 0.1) is 0 Å². The third kappa shape index (κ3) is 2.44. The van der Waals surface area contributed by atoms with Gasteiger partial charge in [-0.25, -0.2) is 4.99 Å². The lowest BCUT2D eigenvalue weighted by Crippen LogP contribution is -2.54. The van der Waals surface area contributed by atoms with Gasteiger partial charge >= 0.3 is 0 Å². The van der Waals surface area contributed by atoms with E-state index in [-0.39, 0.29) is 17.6 Å². The summed E-state index contributed by atoms with van der Waals surface area (Å²) in [5.74, 6) is 0.595. The number of nitrogens with zero attached hydrogens (tertiary/aromatic N) is 1. The topological polar surface area (TPSA) is 62.7 Å². The summed E-state index contributed by atoms with van der Waals surface area (Å²) in [6.07, 6.45) is 1.58. The van der Waals surface area contributed by atoms with Crippen molar-refractivity contribution in [2.24, 2.45) is 4.99 Å². The fraction of sp³-hybridized carbons (Fsp3) is 0.833. The molecule has 1 fully saturated rings. The molecule has 5 nitrogen and oxygen atoms in total. The molecule has 2 rings (SSSR count). The van der Waals surface area contributed by atoms with Crippen LogP contribution in [0.2, 0.25) is 0 Å². The van der Waals surface area contributed by atoms with Crippen molar-refractivity contribution in [3.05, 3.63) is 0 Å². The molecule has 0 aromatic heterocycles. The Morgan fingerprint density at radius 1 is 1.53 bits per heavy atom. The molecule has 2 aliphatic rings. The number of ether oxygens (including phenoxy) is 1. The summed E-state index contributed by atoms with van der Waals surface area (Å²) in [5, 5.41) is 6.01. The average Bonchev–Trinajstić information content (AvgIpc) is 2.39. The summed E-state index contributed by atoms with van der Waals surface area (Å²) in [4.78, 5) is 16.4. The maximum absolute atomic E-state index is 11.9. The molecule has 17 heavy (non-hydrogen) atoms. The number of hydrogen-bond donors (Lipinski definition) is 2. The SMILES string of the molecule is CCOC1CC2(C1)N=C(NC(C)(C)C)NC2=O. The predicted octanol–water partition coefficient (Wildman–Crippen LogP) is 0.798. The van der Waals surface area contributed by atoms with E-state index in [2.05, 4.69) is 15.6 Å². The van der Waals surface area contributed by atoms with Crippen LogP contribution in [0.25, 0.3) is 0 Å². The Morgan fingerprint density at radius 3 is 2.71 bits per heavy atom. The number of carbonyl (C=O) groups excluding carboxylic acids is 1. The average molecular weight is 239 g/mol. The molecule has 2 N–H and O–H groups in total. The van der Waals surface area contributed by atoms with Gasteiger partial charge in [-0.2, -0.15) is 0 Å². The van der Waals surface area contributed by atoms with Crippen molar-refractivity contribution >= 4 is 11.9 Å². The van der Waals surface area contributed by atoms with Gasteiger partial charge in [-0.3, -0.25) is 10.1 Å². The molecule has 1 aliphatic heterocycles. The first kappa shape index (κ1) is 12.4. The van der Waals surface area contributed by atoms with Crippen molar-refractivity contribution in [1.29, 1.82) is 0 Å². The molecular weight excluding hydrogens is 218 g/mol. The lowest BCUT2D eigenvalue weighted by Gasteiger charge is -2.39. The molecule has 5 heteroatoms. The van der Waals surface area contributed by atoms with Gasteiger partial charge in [-0.05, 0) is 27.7 Å². The van der Waals surface area contributed by atoms with E-state index in [1.807, 2.05) is 27.7 Å². The number of amides is 1. The highest BCUT2D eigenvalue weighted by molar-refractivity contribution is 6.08. The van der Waals surface area contributed by atoms with E-state index in [0.29, 0.717) is 25.4 Å². The zero-order chi connectivity index (χ0) is 12.7. The first-order chi connectivity index (χ1) is 7.85. The van der Waals surface area contributed by atoms with Crippen LogP contribution in [-0.4, -0.2) is 35.7 Å². The minimum atomic E-state index is -0.562. The third-order valence-corrected chi connectivity index (χ3v) is 3.01. The molecule has 1 heterocycles. The van der Waals surface area contributed by atoms with Gasteiger partial charge in [0.2, 0.25) is 0 Å². The monoisotopic (exact) mass is 239 g/mol. The van der Waals surface area contributed by atoms with Crippen molar-refractivity contribution < 1.29 is 9.53 Å². The molecule has 0 aromatic carbocycles. The summed E-state index contributed by atoms with van der Waals surface area (Å²) in [6, 6.07) is 0. The van der Waals surface area contributed by atoms with E-state index >= 15 is 0 Å². The Bertz CT molecular complexity index is 351. The van der Waals surface area contributed by atoms with Crippen LogP contribution in [0.15, 0.2) is 4.99 Å². The highest BCUT2D eigenvalue weighted by atomic mass is 16.5. The van der Waals surface area contributed by atoms with E-state index in [0.717, 1.165) is 0 Å². The van der Waals surface area contributed by atoms with Gasteiger partial charge in [0.25, 0.3) is 5.91 Å². The highest BCUT2D eigenvalue weighted by Crippen LogP contribution is 2.40. The Kier molecular flexibility index (Phi) is 2.89. The van der Waals surface area contributed by atoms with Gasteiger partial charge in [0.1, 0.15) is 5.54 Å². The summed E-state index contributed by atoms with van der Waals surface area (Å²) in [7, 11) is 0. The molecule has 0 bridgehead atoms. The molecular formula is C12H21N3O2. The van der Waals surface area contributed by atoms with Crippen molar-refractivity contribution in [2.45, 2.75) is 57.7 Å². The largest absolute Gasteiger partial charge is 0.378 e. The second-order valence-corrected chi connectivity index (χ2v) is 5.81. The van der Waals surface area contributed by atoms with Gasteiger partial charge in [0.15, 0.2) is 5.96 Å². The minimum Gasteiger partial charge on any atom is -0.378 e. The summed E-state index contributed by atoms with van der Waals surface area (Å²) in [6.45, 7) is 8.78. The predicted molar refractivity (Wildman–Crippen MR) is 65.8 cm³/mol. The molecule has 1 aliphatic carbocycles. The van der Waals surface area contributed by atoms with E-state index in [1.54, 1.807) is 0 Å². The lowest BCUT2D eigenvalue weighted by atomic mass is 9.74. The van der Waals surface area contributed by atoms with Crippen LogP contribution < -0.4 is 10.6 Å². The van der Waals surface area contributed by atoms with Gasteiger partial charge in [-0.1, -0.05) is 0 Å².